The van der Waals surface area contributed by atoms with E-state index < -0.39 is 0 Å². The van der Waals surface area contributed by atoms with Crippen LogP contribution in [-0.4, -0.2) is 48.6 Å². The molecular formula is C16H20N2O3. The van der Waals surface area contributed by atoms with E-state index in [1.807, 2.05) is 19.9 Å². The lowest BCUT2D eigenvalue weighted by atomic mass is 10.0. The Morgan fingerprint density at radius 1 is 1.38 bits per heavy atom. The molecule has 0 unspecified atom stereocenters. The second-order valence-electron chi connectivity index (χ2n) is 4.48. The lowest BCUT2D eigenvalue weighted by Gasteiger charge is -2.20. The summed E-state index contributed by atoms with van der Waals surface area (Å²) in [6.45, 7) is 3.95. The molecule has 112 valence electrons. The molecule has 0 radical (unpaired) electrons. The van der Waals surface area contributed by atoms with E-state index in [4.69, 9.17) is 5.11 Å². The van der Waals surface area contributed by atoms with Gasteiger partial charge in [-0.1, -0.05) is 17.9 Å². The van der Waals surface area contributed by atoms with Gasteiger partial charge < -0.3 is 15.3 Å². The molecule has 1 aromatic rings. The van der Waals surface area contributed by atoms with Crippen LogP contribution in [0, 0.1) is 18.8 Å². The number of benzene rings is 1. The van der Waals surface area contributed by atoms with E-state index in [-0.39, 0.29) is 25.0 Å². The number of carbonyl (C=O) groups excluding carboxylic acids is 2. The predicted molar refractivity (Wildman–Crippen MR) is 80.8 cm³/mol. The minimum absolute atomic E-state index is 0.0252. The number of carbonyl (C=O) groups is 2. The highest BCUT2D eigenvalue weighted by molar-refractivity contribution is 5.96. The summed E-state index contributed by atoms with van der Waals surface area (Å²) in [6, 6.07) is 5.21. The molecule has 0 aromatic heterocycles. The number of hydrogen-bond acceptors (Lipinski definition) is 3. The first-order chi connectivity index (χ1) is 10.0. The Kier molecular flexibility index (Phi) is 6.44. The van der Waals surface area contributed by atoms with Crippen LogP contribution in [0.25, 0.3) is 0 Å². The minimum atomic E-state index is -0.227. The highest BCUT2D eigenvalue weighted by atomic mass is 16.2. The average molecular weight is 288 g/mol. The summed E-state index contributed by atoms with van der Waals surface area (Å²) in [5, 5.41) is 11.3. The van der Waals surface area contributed by atoms with Crippen LogP contribution < -0.4 is 5.32 Å². The van der Waals surface area contributed by atoms with Crippen molar-refractivity contribution in [3.05, 3.63) is 34.9 Å². The molecule has 2 amide bonds. The van der Waals surface area contributed by atoms with Crippen LogP contribution in [0.3, 0.4) is 0 Å². The summed E-state index contributed by atoms with van der Waals surface area (Å²) >= 11 is 0. The third kappa shape index (κ3) is 4.62. The van der Waals surface area contributed by atoms with Crippen molar-refractivity contribution >= 4 is 11.8 Å². The van der Waals surface area contributed by atoms with Crippen molar-refractivity contribution in [2.75, 3.05) is 26.7 Å². The van der Waals surface area contributed by atoms with Crippen LogP contribution in [0.1, 0.15) is 28.4 Å². The molecule has 0 bridgehead atoms. The zero-order valence-corrected chi connectivity index (χ0v) is 12.6. The number of amides is 2. The van der Waals surface area contributed by atoms with Crippen LogP contribution in [-0.2, 0) is 4.79 Å². The van der Waals surface area contributed by atoms with Gasteiger partial charge in [-0.2, -0.15) is 0 Å². The topological polar surface area (TPSA) is 69.6 Å². The molecule has 0 heterocycles. The van der Waals surface area contributed by atoms with Gasteiger partial charge in [0.15, 0.2) is 0 Å². The molecule has 0 atom stereocenters. The molecule has 0 saturated carbocycles. The molecular weight excluding hydrogens is 268 g/mol. The van der Waals surface area contributed by atoms with Crippen LogP contribution in [0.2, 0.25) is 0 Å². The van der Waals surface area contributed by atoms with Crippen molar-refractivity contribution in [3.63, 3.8) is 0 Å². The molecule has 21 heavy (non-hydrogen) atoms. The van der Waals surface area contributed by atoms with E-state index in [0.717, 1.165) is 5.56 Å². The SMILES string of the molecule is CCN(CC(=O)NC)C(=O)c1ccc(C)c(C#CCO)c1. The molecule has 0 aliphatic heterocycles. The normalized spacial score (nSPS) is 9.52. The molecule has 5 heteroatoms. The summed E-state index contributed by atoms with van der Waals surface area (Å²) in [7, 11) is 1.54. The maximum Gasteiger partial charge on any atom is 0.254 e. The summed E-state index contributed by atoms with van der Waals surface area (Å²) in [6.07, 6.45) is 0. The number of rotatable bonds is 4. The Hall–Kier alpha value is -2.32. The first kappa shape index (κ1) is 16.7. The van der Waals surface area contributed by atoms with E-state index in [2.05, 4.69) is 17.2 Å². The van der Waals surface area contributed by atoms with E-state index in [9.17, 15) is 9.59 Å². The fraction of sp³-hybridized carbons (Fsp3) is 0.375. The van der Waals surface area contributed by atoms with Crippen molar-refractivity contribution in [1.29, 1.82) is 0 Å². The zero-order chi connectivity index (χ0) is 15.8. The Balaban J connectivity index is 3.03. The molecule has 0 aliphatic carbocycles. The Labute approximate surface area is 125 Å². The first-order valence-electron chi connectivity index (χ1n) is 6.73. The summed E-state index contributed by atoms with van der Waals surface area (Å²) in [4.78, 5) is 25.3. The fourth-order valence-corrected chi connectivity index (χ4v) is 1.79. The molecule has 1 aromatic carbocycles. The van der Waals surface area contributed by atoms with E-state index in [1.54, 1.807) is 12.1 Å². The molecule has 0 spiro atoms. The average Bonchev–Trinajstić information content (AvgIpc) is 2.50. The monoisotopic (exact) mass is 288 g/mol. The van der Waals surface area contributed by atoms with Crippen molar-refractivity contribution < 1.29 is 14.7 Å². The van der Waals surface area contributed by atoms with Crippen LogP contribution in [0.15, 0.2) is 18.2 Å². The maximum atomic E-state index is 12.4. The molecule has 0 saturated heterocycles. The van der Waals surface area contributed by atoms with Crippen LogP contribution in [0.4, 0.5) is 0 Å². The number of likely N-dealkylation sites (N-methyl/N-ethyl adjacent to an activating group) is 2. The van der Waals surface area contributed by atoms with Crippen molar-refractivity contribution in [3.8, 4) is 11.8 Å². The minimum Gasteiger partial charge on any atom is -0.384 e. The van der Waals surface area contributed by atoms with Crippen molar-refractivity contribution in [1.82, 2.24) is 10.2 Å². The lowest BCUT2D eigenvalue weighted by Crippen LogP contribution is -2.39. The molecule has 2 N–H and O–H groups in total. The second-order valence-corrected chi connectivity index (χ2v) is 4.48. The molecule has 1 rings (SSSR count). The van der Waals surface area contributed by atoms with Gasteiger partial charge in [-0.3, -0.25) is 9.59 Å². The number of aryl methyl sites for hydroxylation is 1. The number of nitrogens with one attached hydrogen (secondary N) is 1. The Morgan fingerprint density at radius 2 is 2.10 bits per heavy atom. The van der Waals surface area contributed by atoms with Gasteiger partial charge in [-0.25, -0.2) is 0 Å². The fourth-order valence-electron chi connectivity index (χ4n) is 1.79. The summed E-state index contributed by atoms with van der Waals surface area (Å²) in [5.41, 5.74) is 2.11. The Morgan fingerprint density at radius 3 is 2.67 bits per heavy atom. The van der Waals surface area contributed by atoms with Gasteiger partial charge in [0.1, 0.15) is 6.61 Å². The van der Waals surface area contributed by atoms with Crippen molar-refractivity contribution in [2.45, 2.75) is 13.8 Å². The number of aliphatic hydroxyl groups excluding tert-OH is 1. The van der Waals surface area contributed by atoms with Crippen molar-refractivity contribution in [2.24, 2.45) is 0 Å². The zero-order valence-electron chi connectivity index (χ0n) is 12.6. The van der Waals surface area contributed by atoms with Gasteiger partial charge in [0.2, 0.25) is 5.91 Å². The quantitative estimate of drug-likeness (QED) is 0.795. The smallest absolute Gasteiger partial charge is 0.254 e. The highest BCUT2D eigenvalue weighted by Crippen LogP contribution is 2.12. The van der Waals surface area contributed by atoms with Gasteiger partial charge in [0.05, 0.1) is 6.54 Å². The largest absolute Gasteiger partial charge is 0.384 e. The van der Waals surface area contributed by atoms with E-state index >= 15 is 0 Å². The molecule has 0 aliphatic rings. The lowest BCUT2D eigenvalue weighted by molar-refractivity contribution is -0.121. The first-order valence-corrected chi connectivity index (χ1v) is 6.73. The highest BCUT2D eigenvalue weighted by Gasteiger charge is 2.17. The summed E-state index contributed by atoms with van der Waals surface area (Å²) in [5.74, 6) is 4.96. The maximum absolute atomic E-state index is 12.4. The van der Waals surface area contributed by atoms with Gasteiger partial charge in [-0.15, -0.1) is 0 Å². The number of nitrogens with zero attached hydrogens (tertiary/aromatic N) is 1. The number of aliphatic hydroxyl groups is 1. The van der Waals surface area contributed by atoms with Gasteiger partial charge in [0, 0.05) is 24.7 Å². The second kappa shape index (κ2) is 8.08. The third-order valence-electron chi connectivity index (χ3n) is 3.07. The molecule has 0 fully saturated rings. The predicted octanol–water partition coefficient (Wildman–Crippen LogP) is 0.547. The summed E-state index contributed by atoms with van der Waals surface area (Å²) < 4.78 is 0. The van der Waals surface area contributed by atoms with E-state index in [1.165, 1.54) is 11.9 Å². The van der Waals surface area contributed by atoms with Crippen LogP contribution >= 0.6 is 0 Å². The van der Waals surface area contributed by atoms with Gasteiger partial charge in [-0.05, 0) is 31.5 Å². The Bertz CT molecular complexity index is 585. The molecule has 5 nitrogen and oxygen atoms in total. The van der Waals surface area contributed by atoms with Gasteiger partial charge >= 0.3 is 0 Å². The third-order valence-corrected chi connectivity index (χ3v) is 3.07. The van der Waals surface area contributed by atoms with E-state index in [0.29, 0.717) is 17.7 Å². The standard InChI is InChI=1S/C16H20N2O3/c1-4-18(11-15(20)17-3)16(21)14-8-7-12(2)13(10-14)6-5-9-19/h7-8,10,19H,4,9,11H2,1-3H3,(H,17,20). The number of hydrogen-bond donors (Lipinski definition) is 2. The van der Waals surface area contributed by atoms with Crippen LogP contribution in [0.5, 0.6) is 0 Å². The van der Waals surface area contributed by atoms with Gasteiger partial charge in [0.25, 0.3) is 5.91 Å².